The van der Waals surface area contributed by atoms with Crippen LogP contribution in [0, 0.1) is 7.14 Å². The maximum absolute atomic E-state index is 12.8. The van der Waals surface area contributed by atoms with Crippen molar-refractivity contribution in [3.8, 4) is 5.75 Å². The van der Waals surface area contributed by atoms with Crippen LogP contribution < -0.4 is 10.6 Å². The van der Waals surface area contributed by atoms with E-state index in [4.69, 9.17) is 4.74 Å². The Morgan fingerprint density at radius 1 is 1.07 bits per heavy atom. The number of alkyl carbamates (subject to hydrolysis) is 1. The number of aromatic hydroxyl groups is 1. The summed E-state index contributed by atoms with van der Waals surface area (Å²) in [6.45, 7) is 5.77. The number of phenols is 1. The van der Waals surface area contributed by atoms with E-state index in [1.54, 1.807) is 32.9 Å². The highest BCUT2D eigenvalue weighted by molar-refractivity contribution is 14.1. The minimum absolute atomic E-state index is 0.212. The molecule has 2 amide bonds. The monoisotopic (exact) mass is 636 g/mol. The Kier molecular flexibility index (Phi) is 9.20. The van der Waals surface area contributed by atoms with Gasteiger partial charge in [0.15, 0.2) is 0 Å². The molecule has 2 rings (SSSR count). The van der Waals surface area contributed by atoms with Crippen molar-refractivity contribution in [1.29, 1.82) is 0 Å². The van der Waals surface area contributed by atoms with Gasteiger partial charge in [-0.2, -0.15) is 0 Å². The predicted octanol–water partition coefficient (Wildman–Crippen LogP) is 4.40. The fraction of sp³-hybridized carbons (Fsp3) is 0.364. The molecular formula is C22H26I2N2O4. The lowest BCUT2D eigenvalue weighted by Gasteiger charge is -2.23. The average Bonchev–Trinajstić information content (AvgIpc) is 2.64. The van der Waals surface area contributed by atoms with Crippen LogP contribution in [0.4, 0.5) is 4.79 Å². The topological polar surface area (TPSA) is 87.7 Å². The number of rotatable bonds is 7. The molecule has 0 aromatic heterocycles. The third-order valence-electron chi connectivity index (χ3n) is 4.08. The van der Waals surface area contributed by atoms with E-state index < -0.39 is 17.7 Å². The van der Waals surface area contributed by atoms with Crippen molar-refractivity contribution in [2.45, 2.75) is 45.3 Å². The molecule has 30 heavy (non-hydrogen) atoms. The fourth-order valence-corrected chi connectivity index (χ4v) is 4.63. The van der Waals surface area contributed by atoms with Gasteiger partial charge in [0.2, 0.25) is 5.91 Å². The maximum atomic E-state index is 12.8. The highest BCUT2D eigenvalue weighted by Gasteiger charge is 2.25. The Morgan fingerprint density at radius 3 is 2.23 bits per heavy atom. The van der Waals surface area contributed by atoms with Crippen molar-refractivity contribution >= 4 is 57.2 Å². The number of ether oxygens (including phenoxy) is 1. The van der Waals surface area contributed by atoms with Gasteiger partial charge in [0.25, 0.3) is 0 Å². The van der Waals surface area contributed by atoms with Gasteiger partial charge in [-0.25, -0.2) is 4.79 Å². The predicted molar refractivity (Wildman–Crippen MR) is 134 cm³/mol. The number of hydrogen-bond acceptors (Lipinski definition) is 4. The minimum atomic E-state index is -0.799. The van der Waals surface area contributed by atoms with Gasteiger partial charge in [-0.1, -0.05) is 30.3 Å². The molecule has 0 saturated carbocycles. The summed E-state index contributed by atoms with van der Waals surface area (Å²) in [5.74, 6) is -0.0706. The second kappa shape index (κ2) is 11.2. The van der Waals surface area contributed by atoms with Crippen molar-refractivity contribution in [3.05, 3.63) is 60.7 Å². The Hall–Kier alpha value is -1.56. The number of halogens is 2. The van der Waals surface area contributed by atoms with E-state index in [-0.39, 0.29) is 18.1 Å². The summed E-state index contributed by atoms with van der Waals surface area (Å²) in [4.78, 5) is 25.1. The third kappa shape index (κ3) is 8.29. The lowest BCUT2D eigenvalue weighted by atomic mass is 10.0. The molecule has 0 aliphatic carbocycles. The van der Waals surface area contributed by atoms with Crippen LogP contribution in [-0.2, 0) is 22.4 Å². The summed E-state index contributed by atoms with van der Waals surface area (Å²) in [6, 6.07) is 12.7. The number of phenolic OH excluding ortho intramolecular Hbond substituents is 1. The van der Waals surface area contributed by atoms with Crippen LogP contribution in [0.3, 0.4) is 0 Å². The molecule has 2 aromatic rings. The highest BCUT2D eigenvalue weighted by Crippen LogP contribution is 2.28. The first-order chi connectivity index (χ1) is 14.0. The molecule has 2 aromatic carbocycles. The lowest BCUT2D eigenvalue weighted by molar-refractivity contribution is -0.123. The molecule has 0 aliphatic rings. The zero-order valence-corrected chi connectivity index (χ0v) is 21.5. The van der Waals surface area contributed by atoms with Gasteiger partial charge >= 0.3 is 6.09 Å². The number of carbonyl (C=O) groups is 2. The van der Waals surface area contributed by atoms with Crippen LogP contribution >= 0.6 is 45.2 Å². The van der Waals surface area contributed by atoms with Crippen LogP contribution in [0.2, 0.25) is 0 Å². The molecule has 3 N–H and O–H groups in total. The molecule has 0 radical (unpaired) electrons. The van der Waals surface area contributed by atoms with Gasteiger partial charge in [-0.15, -0.1) is 0 Å². The van der Waals surface area contributed by atoms with Gasteiger partial charge in [0.1, 0.15) is 17.4 Å². The van der Waals surface area contributed by atoms with Crippen LogP contribution in [-0.4, -0.2) is 35.3 Å². The highest BCUT2D eigenvalue weighted by atomic mass is 127. The summed E-state index contributed by atoms with van der Waals surface area (Å²) in [7, 11) is 0. The van der Waals surface area contributed by atoms with Gasteiger partial charge < -0.3 is 20.5 Å². The normalized spacial score (nSPS) is 12.2. The first kappa shape index (κ1) is 24.7. The molecule has 0 spiro atoms. The van der Waals surface area contributed by atoms with Crippen LogP contribution in [0.25, 0.3) is 0 Å². The largest absolute Gasteiger partial charge is 0.506 e. The lowest BCUT2D eigenvalue weighted by Crippen LogP contribution is -2.49. The van der Waals surface area contributed by atoms with E-state index in [1.807, 2.05) is 75.5 Å². The minimum Gasteiger partial charge on any atom is -0.506 e. The van der Waals surface area contributed by atoms with E-state index in [0.29, 0.717) is 20.1 Å². The Bertz CT molecular complexity index is 859. The first-order valence-corrected chi connectivity index (χ1v) is 11.7. The standard InChI is InChI=1S/C22H26I2N2O4/c1-22(2,3)30-21(29)26-18(13-15-11-16(23)19(27)17(24)12-15)20(28)25-10-9-14-7-5-4-6-8-14/h4-8,11-12,18,27H,9-10,13H2,1-3H3,(H,25,28)(H,26,29)/t18-/m1/s1. The van der Waals surface area contributed by atoms with E-state index >= 15 is 0 Å². The summed E-state index contributed by atoms with van der Waals surface area (Å²) in [5.41, 5.74) is 1.29. The van der Waals surface area contributed by atoms with Crippen molar-refractivity contribution in [2.24, 2.45) is 0 Å². The molecular weight excluding hydrogens is 610 g/mol. The fourth-order valence-electron chi connectivity index (χ4n) is 2.73. The van der Waals surface area contributed by atoms with Crippen molar-refractivity contribution in [3.63, 3.8) is 0 Å². The summed E-state index contributed by atoms with van der Waals surface area (Å²) < 4.78 is 6.70. The second-order valence-corrected chi connectivity index (χ2v) is 10.2. The average molecular weight is 636 g/mol. The van der Waals surface area contributed by atoms with Crippen molar-refractivity contribution in [1.82, 2.24) is 10.6 Å². The molecule has 0 fully saturated rings. The van der Waals surface area contributed by atoms with Gasteiger partial charge in [0, 0.05) is 13.0 Å². The van der Waals surface area contributed by atoms with Gasteiger partial charge in [-0.05, 0) is 95.6 Å². The van der Waals surface area contributed by atoms with Crippen molar-refractivity contribution < 1.29 is 19.4 Å². The van der Waals surface area contributed by atoms with Crippen LogP contribution in [0.1, 0.15) is 31.9 Å². The van der Waals surface area contributed by atoms with E-state index in [9.17, 15) is 14.7 Å². The second-order valence-electron chi connectivity index (χ2n) is 7.84. The molecule has 0 heterocycles. The smallest absolute Gasteiger partial charge is 0.408 e. The summed E-state index contributed by atoms with van der Waals surface area (Å²) in [6.07, 6.45) is 0.331. The number of hydrogen-bond donors (Lipinski definition) is 3. The van der Waals surface area contributed by atoms with E-state index in [2.05, 4.69) is 10.6 Å². The molecule has 1 atom stereocenters. The molecule has 0 saturated heterocycles. The molecule has 0 unspecified atom stereocenters. The van der Waals surface area contributed by atoms with Gasteiger partial charge in [-0.3, -0.25) is 4.79 Å². The van der Waals surface area contributed by atoms with E-state index in [1.165, 1.54) is 0 Å². The van der Waals surface area contributed by atoms with E-state index in [0.717, 1.165) is 11.1 Å². The summed E-state index contributed by atoms with van der Waals surface area (Å²) in [5, 5.41) is 15.6. The molecule has 0 aliphatic heterocycles. The number of carbonyl (C=O) groups excluding carboxylic acids is 2. The number of amides is 2. The van der Waals surface area contributed by atoms with Crippen LogP contribution in [0.15, 0.2) is 42.5 Å². The molecule has 6 nitrogen and oxygen atoms in total. The first-order valence-electron chi connectivity index (χ1n) is 9.53. The van der Waals surface area contributed by atoms with Crippen LogP contribution in [0.5, 0.6) is 5.75 Å². The molecule has 0 bridgehead atoms. The Labute approximate surface area is 204 Å². The Morgan fingerprint density at radius 2 is 1.67 bits per heavy atom. The van der Waals surface area contributed by atoms with Crippen molar-refractivity contribution in [2.75, 3.05) is 6.54 Å². The summed E-state index contributed by atoms with van der Waals surface area (Å²) >= 11 is 4.09. The maximum Gasteiger partial charge on any atom is 0.408 e. The Balaban J connectivity index is 2.09. The molecule has 162 valence electrons. The number of nitrogens with one attached hydrogen (secondary N) is 2. The third-order valence-corrected chi connectivity index (χ3v) is 5.72. The zero-order chi connectivity index (χ0) is 22.3. The van der Waals surface area contributed by atoms with Gasteiger partial charge in [0.05, 0.1) is 7.14 Å². The number of benzene rings is 2. The SMILES string of the molecule is CC(C)(C)OC(=O)N[C@H](Cc1cc(I)c(O)c(I)c1)C(=O)NCCc1ccccc1. The quantitative estimate of drug-likeness (QED) is 0.394. The molecule has 8 heteroatoms. The zero-order valence-electron chi connectivity index (χ0n) is 17.2.